The fourth-order valence-electron chi connectivity index (χ4n) is 1.43. The van der Waals surface area contributed by atoms with Crippen LogP contribution in [0, 0.1) is 0 Å². The Kier molecular flexibility index (Phi) is 3.44. The van der Waals surface area contributed by atoms with E-state index in [4.69, 9.17) is 23.7 Å². The number of aromatic nitrogens is 2. The Morgan fingerprint density at radius 3 is 2.56 bits per heavy atom. The Labute approximate surface area is 117 Å². The molecule has 1 aromatic heterocycles. The molecule has 0 saturated carbocycles. The molecule has 0 fully saturated rings. The average Bonchev–Trinajstić information content (AvgIpc) is 2.78. The minimum atomic E-state index is -0.517. The smallest absolute Gasteiger partial charge is 0.251 e. The molecule has 0 radical (unpaired) electrons. The van der Waals surface area contributed by atoms with Gasteiger partial charge in [-0.15, -0.1) is 0 Å². The number of hydrogen-bond donors (Lipinski definition) is 2. The number of amides is 1. The minimum absolute atomic E-state index is 0.320. The molecule has 0 saturated heterocycles. The van der Waals surface area contributed by atoms with Crippen molar-refractivity contribution in [3.05, 3.63) is 46.2 Å². The van der Waals surface area contributed by atoms with Crippen molar-refractivity contribution < 1.29 is 4.79 Å². The van der Waals surface area contributed by atoms with E-state index >= 15 is 0 Å². The molecule has 1 heterocycles. The van der Waals surface area contributed by atoms with Gasteiger partial charge in [-0.3, -0.25) is 4.79 Å². The minimum Gasteiger partial charge on any atom is -0.389 e. The van der Waals surface area contributed by atoms with E-state index in [1.165, 1.54) is 6.20 Å². The summed E-state index contributed by atoms with van der Waals surface area (Å²) in [4.78, 5) is 11.3. The molecular weight excluding hydrogens is 316 g/mol. The van der Waals surface area contributed by atoms with Crippen molar-refractivity contribution in [1.29, 1.82) is 0 Å². The molecule has 4 N–H and O–H groups in total. The second-order valence-electron chi connectivity index (χ2n) is 3.57. The SMILES string of the molecule is NC(=O)c1cnn(-c2ccc(C(N)=S)cc2Br)c1. The van der Waals surface area contributed by atoms with Crippen molar-refractivity contribution in [3.63, 3.8) is 0 Å². The maximum Gasteiger partial charge on any atom is 0.251 e. The summed E-state index contributed by atoms with van der Waals surface area (Å²) in [5.41, 5.74) is 12.6. The van der Waals surface area contributed by atoms with E-state index in [9.17, 15) is 4.79 Å². The van der Waals surface area contributed by atoms with Crippen molar-refractivity contribution in [2.75, 3.05) is 0 Å². The van der Waals surface area contributed by atoms with E-state index in [0.717, 1.165) is 15.7 Å². The maximum atomic E-state index is 11.0. The largest absolute Gasteiger partial charge is 0.389 e. The summed E-state index contributed by atoms with van der Waals surface area (Å²) in [5, 5.41) is 4.06. The zero-order valence-corrected chi connectivity index (χ0v) is 11.5. The zero-order valence-electron chi connectivity index (χ0n) is 9.13. The number of benzene rings is 1. The van der Waals surface area contributed by atoms with Gasteiger partial charge in [0.15, 0.2) is 0 Å². The quantitative estimate of drug-likeness (QED) is 0.835. The van der Waals surface area contributed by atoms with E-state index in [2.05, 4.69) is 21.0 Å². The number of rotatable bonds is 3. The Hall–Kier alpha value is -1.73. The third-order valence-electron chi connectivity index (χ3n) is 2.35. The summed E-state index contributed by atoms with van der Waals surface area (Å²) in [6.07, 6.45) is 2.97. The lowest BCUT2D eigenvalue weighted by atomic mass is 10.2. The number of thiocarbonyl (C=S) groups is 1. The van der Waals surface area contributed by atoms with Crippen LogP contribution in [0.1, 0.15) is 15.9 Å². The number of carbonyl (C=O) groups excluding carboxylic acids is 1. The van der Waals surface area contributed by atoms with E-state index in [0.29, 0.717) is 10.6 Å². The summed E-state index contributed by atoms with van der Waals surface area (Å²) in [6, 6.07) is 5.38. The van der Waals surface area contributed by atoms with Crippen LogP contribution in [0.3, 0.4) is 0 Å². The van der Waals surface area contributed by atoms with Crippen LogP contribution >= 0.6 is 28.1 Å². The highest BCUT2D eigenvalue weighted by Gasteiger charge is 2.09. The van der Waals surface area contributed by atoms with E-state index in [-0.39, 0.29) is 0 Å². The van der Waals surface area contributed by atoms with Gasteiger partial charge in [0.25, 0.3) is 5.91 Å². The molecule has 0 atom stereocenters. The molecule has 0 aliphatic heterocycles. The van der Waals surface area contributed by atoms with Gasteiger partial charge in [0.05, 0.1) is 17.4 Å². The predicted molar refractivity (Wildman–Crippen MR) is 75.7 cm³/mol. The Balaban J connectivity index is 2.44. The highest BCUT2D eigenvalue weighted by molar-refractivity contribution is 9.10. The number of nitrogens with two attached hydrogens (primary N) is 2. The molecule has 0 bridgehead atoms. The molecule has 1 aromatic carbocycles. The van der Waals surface area contributed by atoms with Gasteiger partial charge in [0.2, 0.25) is 0 Å². The first-order valence-electron chi connectivity index (χ1n) is 4.93. The number of hydrogen-bond acceptors (Lipinski definition) is 3. The fourth-order valence-corrected chi connectivity index (χ4v) is 2.12. The van der Waals surface area contributed by atoms with E-state index in [1.54, 1.807) is 29.1 Å². The number of nitrogens with zero attached hydrogens (tertiary/aromatic N) is 2. The van der Waals surface area contributed by atoms with Gasteiger partial charge in [0, 0.05) is 16.2 Å². The molecule has 92 valence electrons. The van der Waals surface area contributed by atoms with Crippen LogP contribution in [0.4, 0.5) is 0 Å². The lowest BCUT2D eigenvalue weighted by molar-refractivity contribution is 0.100. The zero-order chi connectivity index (χ0) is 13.3. The predicted octanol–water partition coefficient (Wildman–Crippen LogP) is 1.37. The average molecular weight is 325 g/mol. The molecule has 5 nitrogen and oxygen atoms in total. The molecule has 2 aromatic rings. The molecular formula is C11H9BrN4OS. The van der Waals surface area contributed by atoms with Crippen LogP contribution in [0.2, 0.25) is 0 Å². The third kappa shape index (κ3) is 2.41. The van der Waals surface area contributed by atoms with Crippen molar-refractivity contribution in [3.8, 4) is 5.69 Å². The van der Waals surface area contributed by atoms with E-state index < -0.39 is 5.91 Å². The van der Waals surface area contributed by atoms with Crippen molar-refractivity contribution in [2.45, 2.75) is 0 Å². The number of primary amides is 1. The van der Waals surface area contributed by atoms with Crippen molar-refractivity contribution >= 4 is 39.0 Å². The Morgan fingerprint density at radius 2 is 2.06 bits per heavy atom. The lowest BCUT2D eigenvalue weighted by Gasteiger charge is -2.06. The van der Waals surface area contributed by atoms with Gasteiger partial charge in [0.1, 0.15) is 4.99 Å². The topological polar surface area (TPSA) is 86.9 Å². The second-order valence-corrected chi connectivity index (χ2v) is 4.86. The summed E-state index contributed by atoms with van der Waals surface area (Å²) in [6.45, 7) is 0. The number of halogens is 1. The second kappa shape index (κ2) is 4.87. The van der Waals surface area contributed by atoms with Crippen molar-refractivity contribution in [2.24, 2.45) is 11.5 Å². The van der Waals surface area contributed by atoms with Crippen LogP contribution in [0.25, 0.3) is 5.69 Å². The monoisotopic (exact) mass is 324 g/mol. The molecule has 2 rings (SSSR count). The van der Waals surface area contributed by atoms with E-state index in [1.807, 2.05) is 0 Å². The van der Waals surface area contributed by atoms with Gasteiger partial charge in [-0.1, -0.05) is 12.2 Å². The summed E-state index contributed by atoms with van der Waals surface area (Å²) < 4.78 is 2.32. The van der Waals surface area contributed by atoms with Crippen LogP contribution in [-0.4, -0.2) is 20.7 Å². The van der Waals surface area contributed by atoms with Gasteiger partial charge in [-0.25, -0.2) is 4.68 Å². The lowest BCUT2D eigenvalue weighted by Crippen LogP contribution is -2.10. The first-order valence-corrected chi connectivity index (χ1v) is 6.13. The maximum absolute atomic E-state index is 11.0. The van der Waals surface area contributed by atoms with Gasteiger partial charge in [-0.05, 0) is 34.1 Å². The molecule has 1 amide bonds. The Bertz CT molecular complexity index is 638. The van der Waals surface area contributed by atoms with Gasteiger partial charge < -0.3 is 11.5 Å². The first-order chi connectivity index (χ1) is 8.49. The van der Waals surface area contributed by atoms with Crippen molar-refractivity contribution in [1.82, 2.24) is 9.78 Å². The van der Waals surface area contributed by atoms with Crippen LogP contribution in [-0.2, 0) is 0 Å². The van der Waals surface area contributed by atoms with Crippen LogP contribution < -0.4 is 11.5 Å². The summed E-state index contributed by atoms with van der Waals surface area (Å²) in [7, 11) is 0. The summed E-state index contributed by atoms with van der Waals surface area (Å²) >= 11 is 8.30. The van der Waals surface area contributed by atoms with Gasteiger partial charge >= 0.3 is 0 Å². The third-order valence-corrected chi connectivity index (χ3v) is 3.22. The molecule has 0 aliphatic carbocycles. The van der Waals surface area contributed by atoms with Crippen LogP contribution in [0.5, 0.6) is 0 Å². The molecule has 7 heteroatoms. The highest BCUT2D eigenvalue weighted by atomic mass is 79.9. The van der Waals surface area contributed by atoms with Gasteiger partial charge in [-0.2, -0.15) is 5.10 Å². The number of carbonyl (C=O) groups is 1. The fraction of sp³-hybridized carbons (Fsp3) is 0. The summed E-state index contributed by atoms with van der Waals surface area (Å²) in [5.74, 6) is -0.517. The standard InChI is InChI=1S/C11H9BrN4OS/c12-8-3-6(11(14)18)1-2-9(8)16-5-7(4-15-16)10(13)17/h1-5H,(H2,13,17)(H2,14,18). The Morgan fingerprint density at radius 1 is 1.33 bits per heavy atom. The molecule has 0 unspecified atom stereocenters. The van der Waals surface area contributed by atoms with Crippen LogP contribution in [0.15, 0.2) is 35.1 Å². The molecule has 0 spiro atoms. The highest BCUT2D eigenvalue weighted by Crippen LogP contribution is 2.22. The molecule has 18 heavy (non-hydrogen) atoms. The first kappa shape index (κ1) is 12.7. The molecule has 0 aliphatic rings. The normalized spacial score (nSPS) is 10.3.